The van der Waals surface area contributed by atoms with Crippen molar-refractivity contribution in [1.29, 1.82) is 0 Å². The molecule has 0 saturated carbocycles. The third kappa shape index (κ3) is 4.46. The van der Waals surface area contributed by atoms with E-state index in [1.165, 1.54) is 9.25 Å². The number of nitrogens with one attached hydrogen (secondary N) is 2. The van der Waals surface area contributed by atoms with Gasteiger partial charge in [0, 0.05) is 19.3 Å². The van der Waals surface area contributed by atoms with E-state index in [1.54, 1.807) is 13.1 Å². The summed E-state index contributed by atoms with van der Waals surface area (Å²) in [6.07, 6.45) is 1.72. The van der Waals surface area contributed by atoms with Crippen LogP contribution in [0.15, 0.2) is 47.4 Å². The first-order valence-electron chi connectivity index (χ1n) is 9.11. The summed E-state index contributed by atoms with van der Waals surface area (Å²) in [6, 6.07) is 11.4. The molecule has 8 heteroatoms. The molecule has 0 aliphatic rings. The Hall–Kier alpha value is -3.42. The molecule has 0 bridgehead atoms. The van der Waals surface area contributed by atoms with E-state index in [4.69, 9.17) is 0 Å². The number of hydrogen-bond acceptors (Lipinski definition) is 5. The fraction of sp³-hybridized carbons (Fsp3) is 0.300. The van der Waals surface area contributed by atoms with E-state index in [0.717, 1.165) is 16.9 Å². The number of aromatic nitrogens is 4. The smallest absolute Gasteiger partial charge is 0.351 e. The lowest BCUT2D eigenvalue weighted by Crippen LogP contribution is -2.35. The Balaban J connectivity index is 1.58. The van der Waals surface area contributed by atoms with E-state index in [2.05, 4.69) is 20.7 Å². The molecule has 1 aromatic carbocycles. The topological polar surface area (TPSA) is 93.8 Å². The third-order valence-electron chi connectivity index (χ3n) is 4.34. The lowest BCUT2D eigenvalue weighted by Gasteiger charge is -2.09. The fourth-order valence-corrected chi connectivity index (χ4v) is 2.86. The van der Waals surface area contributed by atoms with Crippen molar-refractivity contribution >= 4 is 11.7 Å². The predicted molar refractivity (Wildman–Crippen MR) is 108 cm³/mol. The molecule has 0 atom stereocenters. The van der Waals surface area contributed by atoms with Crippen molar-refractivity contribution in [3.05, 3.63) is 70.0 Å². The summed E-state index contributed by atoms with van der Waals surface area (Å²) in [4.78, 5) is 29.1. The van der Waals surface area contributed by atoms with E-state index in [-0.39, 0.29) is 18.1 Å². The SMILES string of the molecule is Cc1cccc(-n2nc(C)n(CC(=O)NCCNc3ncccc3C)c2=O)c1. The van der Waals surface area contributed by atoms with Crippen LogP contribution in [0.5, 0.6) is 0 Å². The van der Waals surface area contributed by atoms with Crippen LogP contribution in [-0.2, 0) is 11.3 Å². The molecular weight excluding hydrogens is 356 g/mol. The maximum atomic E-state index is 12.7. The summed E-state index contributed by atoms with van der Waals surface area (Å²) in [5, 5.41) is 10.3. The van der Waals surface area contributed by atoms with Crippen molar-refractivity contribution in [2.24, 2.45) is 0 Å². The molecule has 2 aromatic heterocycles. The lowest BCUT2D eigenvalue weighted by atomic mass is 10.2. The number of hydrogen-bond donors (Lipinski definition) is 2. The maximum Gasteiger partial charge on any atom is 0.351 e. The highest BCUT2D eigenvalue weighted by Crippen LogP contribution is 2.08. The molecule has 0 saturated heterocycles. The summed E-state index contributed by atoms with van der Waals surface area (Å²) in [6.45, 7) is 6.53. The number of amides is 1. The van der Waals surface area contributed by atoms with Crippen LogP contribution in [0.3, 0.4) is 0 Å². The number of carbonyl (C=O) groups excluding carboxylic acids is 1. The molecule has 0 aliphatic heterocycles. The second-order valence-electron chi connectivity index (χ2n) is 6.61. The van der Waals surface area contributed by atoms with Crippen LogP contribution in [0.4, 0.5) is 5.82 Å². The normalized spacial score (nSPS) is 10.7. The molecule has 2 N–H and O–H groups in total. The molecular formula is C20H24N6O2. The summed E-state index contributed by atoms with van der Waals surface area (Å²) in [7, 11) is 0. The minimum atomic E-state index is -0.333. The highest BCUT2D eigenvalue weighted by Gasteiger charge is 2.14. The summed E-state index contributed by atoms with van der Waals surface area (Å²) < 4.78 is 2.69. The van der Waals surface area contributed by atoms with Gasteiger partial charge in [-0.1, -0.05) is 18.2 Å². The van der Waals surface area contributed by atoms with Crippen molar-refractivity contribution in [3.8, 4) is 5.69 Å². The summed E-state index contributed by atoms with van der Waals surface area (Å²) >= 11 is 0. The second kappa shape index (κ2) is 8.51. The van der Waals surface area contributed by atoms with Gasteiger partial charge in [-0.2, -0.15) is 9.78 Å². The zero-order valence-corrected chi connectivity index (χ0v) is 16.3. The quantitative estimate of drug-likeness (QED) is 0.607. The molecule has 146 valence electrons. The Labute approximate surface area is 163 Å². The first-order chi connectivity index (χ1) is 13.5. The van der Waals surface area contributed by atoms with Gasteiger partial charge in [0.15, 0.2) is 0 Å². The van der Waals surface area contributed by atoms with Crippen molar-refractivity contribution in [1.82, 2.24) is 24.6 Å². The van der Waals surface area contributed by atoms with Crippen LogP contribution in [0.2, 0.25) is 0 Å². The molecule has 0 spiro atoms. The Morgan fingerprint density at radius 3 is 2.68 bits per heavy atom. The average molecular weight is 380 g/mol. The highest BCUT2D eigenvalue weighted by atomic mass is 16.2. The highest BCUT2D eigenvalue weighted by molar-refractivity contribution is 5.75. The van der Waals surface area contributed by atoms with Gasteiger partial charge in [0.05, 0.1) is 5.69 Å². The molecule has 0 aliphatic carbocycles. The van der Waals surface area contributed by atoms with Gasteiger partial charge in [0.1, 0.15) is 18.2 Å². The molecule has 0 fully saturated rings. The van der Waals surface area contributed by atoms with Crippen molar-refractivity contribution < 1.29 is 4.79 Å². The largest absolute Gasteiger partial charge is 0.368 e. The Morgan fingerprint density at radius 1 is 1.11 bits per heavy atom. The zero-order valence-electron chi connectivity index (χ0n) is 16.3. The summed E-state index contributed by atoms with van der Waals surface area (Å²) in [5.41, 5.74) is 2.42. The number of pyridine rings is 1. The van der Waals surface area contributed by atoms with Crippen LogP contribution in [-0.4, -0.2) is 38.3 Å². The van der Waals surface area contributed by atoms with Crippen molar-refractivity contribution in [3.63, 3.8) is 0 Å². The van der Waals surface area contributed by atoms with E-state index < -0.39 is 0 Å². The molecule has 1 amide bonds. The minimum absolute atomic E-state index is 0.0703. The van der Waals surface area contributed by atoms with Crippen LogP contribution < -0.4 is 16.3 Å². The second-order valence-corrected chi connectivity index (χ2v) is 6.61. The molecule has 8 nitrogen and oxygen atoms in total. The minimum Gasteiger partial charge on any atom is -0.368 e. The van der Waals surface area contributed by atoms with Gasteiger partial charge in [-0.15, -0.1) is 0 Å². The standard InChI is InChI=1S/C20H24N6O2/c1-14-6-4-8-17(12-14)26-20(28)25(16(3)24-26)13-18(27)21-10-11-23-19-15(2)7-5-9-22-19/h4-9,12H,10-11,13H2,1-3H3,(H,21,27)(H,22,23). The van der Waals surface area contributed by atoms with Gasteiger partial charge in [-0.05, 0) is 50.1 Å². The van der Waals surface area contributed by atoms with E-state index in [1.807, 2.05) is 50.2 Å². The molecule has 2 heterocycles. The number of rotatable bonds is 7. The number of nitrogens with zero attached hydrogens (tertiary/aromatic N) is 4. The van der Waals surface area contributed by atoms with Gasteiger partial charge in [-0.3, -0.25) is 9.36 Å². The van der Waals surface area contributed by atoms with Gasteiger partial charge in [0.2, 0.25) is 5.91 Å². The number of benzene rings is 1. The first-order valence-corrected chi connectivity index (χ1v) is 9.11. The van der Waals surface area contributed by atoms with Crippen LogP contribution in [0, 0.1) is 20.8 Å². The predicted octanol–water partition coefficient (Wildman–Crippen LogP) is 1.58. The Bertz CT molecular complexity index is 1040. The number of aryl methyl sites for hydroxylation is 3. The molecule has 0 unspecified atom stereocenters. The molecule has 3 rings (SSSR count). The number of anilines is 1. The molecule has 0 radical (unpaired) electrons. The van der Waals surface area contributed by atoms with Crippen LogP contribution in [0.1, 0.15) is 17.0 Å². The van der Waals surface area contributed by atoms with E-state index in [0.29, 0.717) is 24.6 Å². The third-order valence-corrected chi connectivity index (χ3v) is 4.34. The fourth-order valence-electron chi connectivity index (χ4n) is 2.86. The summed E-state index contributed by atoms with van der Waals surface area (Å²) in [5.74, 6) is 1.04. The van der Waals surface area contributed by atoms with Crippen molar-refractivity contribution in [2.75, 3.05) is 18.4 Å². The number of carbonyl (C=O) groups is 1. The Kier molecular flexibility index (Phi) is 5.88. The molecule has 28 heavy (non-hydrogen) atoms. The van der Waals surface area contributed by atoms with Gasteiger partial charge in [-0.25, -0.2) is 9.78 Å². The zero-order chi connectivity index (χ0) is 20.1. The van der Waals surface area contributed by atoms with Gasteiger partial charge >= 0.3 is 5.69 Å². The van der Waals surface area contributed by atoms with E-state index >= 15 is 0 Å². The first kappa shape index (κ1) is 19.3. The maximum absolute atomic E-state index is 12.7. The average Bonchev–Trinajstić information content (AvgIpc) is 2.95. The van der Waals surface area contributed by atoms with E-state index in [9.17, 15) is 9.59 Å². The lowest BCUT2D eigenvalue weighted by molar-refractivity contribution is -0.121. The van der Waals surface area contributed by atoms with Crippen LogP contribution >= 0.6 is 0 Å². The van der Waals surface area contributed by atoms with Crippen LogP contribution in [0.25, 0.3) is 5.69 Å². The van der Waals surface area contributed by atoms with Crippen molar-refractivity contribution in [2.45, 2.75) is 27.3 Å². The molecule has 3 aromatic rings. The monoisotopic (exact) mass is 380 g/mol. The van der Waals surface area contributed by atoms with Gasteiger partial charge < -0.3 is 10.6 Å². The van der Waals surface area contributed by atoms with Gasteiger partial charge in [0.25, 0.3) is 0 Å². The Morgan fingerprint density at radius 2 is 1.93 bits per heavy atom.